The highest BCUT2D eigenvalue weighted by Gasteiger charge is 2.32. The minimum atomic E-state index is -0.439. The Morgan fingerprint density at radius 3 is 2.04 bits per heavy atom. The number of rotatable bonds is 8. The lowest BCUT2D eigenvalue weighted by molar-refractivity contribution is -0.146. The molecule has 24 heavy (non-hydrogen) atoms. The molecule has 0 aliphatic heterocycles. The molecule has 2 aliphatic carbocycles. The maximum absolute atomic E-state index is 11.7. The highest BCUT2D eigenvalue weighted by atomic mass is 16.5. The molecule has 1 N–H and O–H groups in total. The number of hydrogen-bond donors (Lipinski definition) is 1. The van der Waals surface area contributed by atoms with E-state index in [4.69, 9.17) is 14.6 Å². The summed E-state index contributed by atoms with van der Waals surface area (Å²) < 4.78 is 11.4. The van der Waals surface area contributed by atoms with Crippen molar-refractivity contribution in [3.8, 4) is 0 Å². The van der Waals surface area contributed by atoms with Gasteiger partial charge in [0.15, 0.2) is 0 Å². The van der Waals surface area contributed by atoms with Gasteiger partial charge in [0.2, 0.25) is 0 Å². The first-order chi connectivity index (χ1) is 11.6. The number of aliphatic hydroxyl groups is 1. The van der Waals surface area contributed by atoms with Crippen LogP contribution in [0.4, 0.5) is 0 Å². The molecular formula is C20H34O4. The van der Waals surface area contributed by atoms with E-state index < -0.39 is 5.97 Å². The van der Waals surface area contributed by atoms with E-state index in [1.165, 1.54) is 38.5 Å². The Balaban J connectivity index is 1.64. The highest BCUT2D eigenvalue weighted by molar-refractivity contribution is 5.88. The normalized spacial score (nSPS) is 30.8. The molecule has 0 radical (unpaired) electrons. The highest BCUT2D eigenvalue weighted by Crippen LogP contribution is 2.39. The zero-order chi connectivity index (χ0) is 17.4. The molecule has 0 bridgehead atoms. The Hall–Kier alpha value is -0.870. The lowest BCUT2D eigenvalue weighted by atomic mass is 9.72. The number of hydrogen-bond acceptors (Lipinski definition) is 4. The Labute approximate surface area is 146 Å². The van der Waals surface area contributed by atoms with Crippen LogP contribution in [0.15, 0.2) is 12.2 Å². The van der Waals surface area contributed by atoms with Gasteiger partial charge in [-0.25, -0.2) is 4.79 Å². The van der Waals surface area contributed by atoms with Crippen molar-refractivity contribution < 1.29 is 19.4 Å². The number of unbranched alkanes of at least 4 members (excludes halogenated alkanes) is 1. The molecule has 0 aromatic heterocycles. The van der Waals surface area contributed by atoms with Crippen LogP contribution in [-0.4, -0.2) is 36.5 Å². The molecule has 0 heterocycles. The van der Waals surface area contributed by atoms with Gasteiger partial charge in [-0.05, 0) is 69.6 Å². The van der Waals surface area contributed by atoms with Crippen LogP contribution in [0.1, 0.15) is 71.1 Å². The number of esters is 1. The molecule has 2 rings (SSSR count). The lowest BCUT2D eigenvalue weighted by Crippen LogP contribution is -2.31. The number of carbonyl (C=O) groups is 1. The van der Waals surface area contributed by atoms with Crippen LogP contribution in [0.5, 0.6) is 0 Å². The molecule has 138 valence electrons. The van der Waals surface area contributed by atoms with Gasteiger partial charge in [0.25, 0.3) is 0 Å². The summed E-state index contributed by atoms with van der Waals surface area (Å²) in [5.41, 5.74) is 0.151. The second-order valence-corrected chi connectivity index (χ2v) is 7.46. The average molecular weight is 338 g/mol. The van der Waals surface area contributed by atoms with E-state index >= 15 is 0 Å². The number of carbonyl (C=O) groups excluding carboxylic acids is 1. The third-order valence-electron chi connectivity index (χ3n) is 5.71. The molecule has 4 heteroatoms. The van der Waals surface area contributed by atoms with Crippen molar-refractivity contribution in [2.45, 2.75) is 83.3 Å². The Morgan fingerprint density at radius 1 is 1.00 bits per heavy atom. The molecule has 4 nitrogen and oxygen atoms in total. The Kier molecular flexibility index (Phi) is 8.26. The first-order valence-corrected chi connectivity index (χ1v) is 9.75. The van der Waals surface area contributed by atoms with E-state index in [1.807, 2.05) is 0 Å². The number of aliphatic hydroxyl groups excluding tert-OH is 1. The maximum Gasteiger partial charge on any atom is 0.336 e. The van der Waals surface area contributed by atoms with Crippen LogP contribution in [0.25, 0.3) is 0 Å². The first kappa shape index (κ1) is 19.5. The van der Waals surface area contributed by atoms with E-state index in [-0.39, 0.29) is 18.3 Å². The minimum Gasteiger partial charge on any atom is -0.459 e. The third kappa shape index (κ3) is 5.89. The molecule has 0 aromatic rings. The van der Waals surface area contributed by atoms with E-state index in [0.717, 1.165) is 44.1 Å². The van der Waals surface area contributed by atoms with Crippen LogP contribution in [-0.2, 0) is 14.3 Å². The van der Waals surface area contributed by atoms with Gasteiger partial charge in [0.05, 0.1) is 18.3 Å². The molecule has 0 unspecified atom stereocenters. The van der Waals surface area contributed by atoms with Crippen LogP contribution < -0.4 is 0 Å². The topological polar surface area (TPSA) is 55.8 Å². The molecule has 2 fully saturated rings. The monoisotopic (exact) mass is 338 g/mol. The van der Waals surface area contributed by atoms with E-state index in [2.05, 4.69) is 13.5 Å². The largest absolute Gasteiger partial charge is 0.459 e. The Morgan fingerprint density at radius 2 is 1.54 bits per heavy atom. The van der Waals surface area contributed by atoms with Crippen LogP contribution in [0, 0.1) is 11.8 Å². The van der Waals surface area contributed by atoms with Crippen LogP contribution in [0.3, 0.4) is 0 Å². The van der Waals surface area contributed by atoms with E-state index in [0.29, 0.717) is 6.10 Å². The van der Waals surface area contributed by atoms with Gasteiger partial charge in [-0.3, -0.25) is 0 Å². The van der Waals surface area contributed by atoms with Crippen molar-refractivity contribution in [2.24, 2.45) is 11.8 Å². The molecular weight excluding hydrogens is 304 g/mol. The van der Waals surface area contributed by atoms with Crippen molar-refractivity contribution in [1.29, 1.82) is 0 Å². The van der Waals surface area contributed by atoms with Gasteiger partial charge in [-0.2, -0.15) is 0 Å². The van der Waals surface area contributed by atoms with Gasteiger partial charge in [0, 0.05) is 6.61 Å². The van der Waals surface area contributed by atoms with Gasteiger partial charge < -0.3 is 14.6 Å². The molecule has 0 atom stereocenters. The fourth-order valence-electron chi connectivity index (χ4n) is 4.10. The summed E-state index contributed by atoms with van der Waals surface area (Å²) >= 11 is 0. The first-order valence-electron chi connectivity index (χ1n) is 9.75. The zero-order valence-corrected chi connectivity index (χ0v) is 15.2. The molecule has 0 spiro atoms. The maximum atomic E-state index is 11.7. The molecule has 0 amide bonds. The van der Waals surface area contributed by atoms with Gasteiger partial charge in [-0.1, -0.05) is 19.9 Å². The second kappa shape index (κ2) is 10.2. The van der Waals surface area contributed by atoms with Crippen LogP contribution in [0.2, 0.25) is 0 Å². The van der Waals surface area contributed by atoms with Crippen molar-refractivity contribution in [3.05, 3.63) is 12.2 Å². The number of ether oxygens (including phenoxy) is 2. The lowest BCUT2D eigenvalue weighted by Gasteiger charge is -2.37. The summed E-state index contributed by atoms with van der Waals surface area (Å²) in [5.74, 6) is 1.16. The molecule has 2 saturated carbocycles. The molecule has 0 saturated heterocycles. The van der Waals surface area contributed by atoms with E-state index in [9.17, 15) is 4.79 Å². The van der Waals surface area contributed by atoms with Crippen molar-refractivity contribution in [2.75, 3.05) is 13.2 Å². The van der Waals surface area contributed by atoms with Gasteiger partial charge >= 0.3 is 5.97 Å². The summed E-state index contributed by atoms with van der Waals surface area (Å²) in [6.07, 6.45) is 12.0. The van der Waals surface area contributed by atoms with Gasteiger partial charge in [0.1, 0.15) is 6.10 Å². The van der Waals surface area contributed by atoms with Crippen molar-refractivity contribution in [3.63, 3.8) is 0 Å². The summed E-state index contributed by atoms with van der Waals surface area (Å²) in [7, 11) is 0. The zero-order valence-electron chi connectivity index (χ0n) is 15.2. The quantitative estimate of drug-likeness (QED) is 0.413. The minimum absolute atomic E-state index is 0.00534. The summed E-state index contributed by atoms with van der Waals surface area (Å²) in [5, 5.41) is 8.93. The fourth-order valence-corrected chi connectivity index (χ4v) is 4.10. The summed E-state index contributed by atoms with van der Waals surface area (Å²) in [6.45, 7) is 6.32. The predicted octanol–water partition coefficient (Wildman–Crippen LogP) is 4.01. The van der Waals surface area contributed by atoms with Gasteiger partial charge in [-0.15, -0.1) is 0 Å². The smallest absolute Gasteiger partial charge is 0.336 e. The fraction of sp³-hybridized carbons (Fsp3) is 0.850. The average Bonchev–Trinajstić information content (AvgIpc) is 2.62. The second-order valence-electron chi connectivity index (χ2n) is 7.46. The summed E-state index contributed by atoms with van der Waals surface area (Å²) in [4.78, 5) is 11.7. The predicted molar refractivity (Wildman–Crippen MR) is 94.7 cm³/mol. The SMILES string of the molecule is C=C(CO)C(=O)OC1CCC(C2CCC(OCCCC)CC2)CC1. The standard InChI is InChI=1S/C20H34O4/c1-3-4-13-23-18-9-5-16(6-10-18)17-7-11-19(12-8-17)24-20(22)15(2)14-21/h16-19,21H,2-14H2,1H3. The van der Waals surface area contributed by atoms with E-state index in [1.54, 1.807) is 0 Å². The Bertz CT molecular complexity index is 390. The van der Waals surface area contributed by atoms with Crippen LogP contribution >= 0.6 is 0 Å². The molecule has 0 aromatic carbocycles. The molecule has 2 aliphatic rings. The van der Waals surface area contributed by atoms with Crippen molar-refractivity contribution in [1.82, 2.24) is 0 Å². The third-order valence-corrected chi connectivity index (χ3v) is 5.71. The summed E-state index contributed by atoms with van der Waals surface area (Å²) in [6, 6.07) is 0. The van der Waals surface area contributed by atoms with Crippen molar-refractivity contribution >= 4 is 5.97 Å².